The number of benzene rings is 1. The molecule has 7 nitrogen and oxygen atoms in total. The van der Waals surface area contributed by atoms with Gasteiger partial charge in [0.15, 0.2) is 5.76 Å². The number of amides is 3. The molecule has 0 N–H and O–H groups in total. The van der Waals surface area contributed by atoms with Crippen LogP contribution in [0.1, 0.15) is 22.5 Å². The third kappa shape index (κ3) is 3.40. The number of furan rings is 1. The van der Waals surface area contributed by atoms with Gasteiger partial charge in [-0.2, -0.15) is 0 Å². The Balaban J connectivity index is 1.36. The summed E-state index contributed by atoms with van der Waals surface area (Å²) in [7, 11) is 0. The lowest BCUT2D eigenvalue weighted by Gasteiger charge is -2.35. The molecule has 0 radical (unpaired) electrons. The van der Waals surface area contributed by atoms with Crippen LogP contribution in [0.4, 0.5) is 5.69 Å². The van der Waals surface area contributed by atoms with Gasteiger partial charge < -0.3 is 19.1 Å². The summed E-state index contributed by atoms with van der Waals surface area (Å²) in [5.41, 5.74) is 1.89. The summed E-state index contributed by atoms with van der Waals surface area (Å²) in [5.74, 6) is -0.192. The quantitative estimate of drug-likeness (QED) is 0.814. The van der Waals surface area contributed by atoms with Crippen molar-refractivity contribution in [3.05, 3.63) is 54.0 Å². The largest absolute Gasteiger partial charge is 0.459 e. The molecule has 3 heterocycles. The van der Waals surface area contributed by atoms with Crippen LogP contribution in [0.3, 0.4) is 0 Å². The second-order valence-corrected chi connectivity index (χ2v) is 7.29. The second-order valence-electron chi connectivity index (χ2n) is 7.29. The lowest BCUT2D eigenvalue weighted by molar-refractivity contribution is -0.137. The predicted octanol–water partition coefficient (Wildman–Crippen LogP) is 1.93. The zero-order chi connectivity index (χ0) is 19.7. The Kier molecular flexibility index (Phi) is 4.90. The predicted molar refractivity (Wildman–Crippen MR) is 103 cm³/mol. The van der Waals surface area contributed by atoms with Gasteiger partial charge in [-0.3, -0.25) is 14.4 Å². The SMILES string of the molecule is Cc1ccccc1N1CC(C(=O)N2CCN(C(=O)c3ccco3)CC2)CC1=O. The maximum atomic E-state index is 12.9. The molecule has 2 aliphatic rings. The van der Waals surface area contributed by atoms with Gasteiger partial charge in [-0.25, -0.2) is 0 Å². The van der Waals surface area contributed by atoms with Crippen molar-refractivity contribution in [3.63, 3.8) is 0 Å². The van der Waals surface area contributed by atoms with Gasteiger partial charge in [-0.05, 0) is 30.7 Å². The van der Waals surface area contributed by atoms with Crippen molar-refractivity contribution in [2.24, 2.45) is 5.92 Å². The highest BCUT2D eigenvalue weighted by molar-refractivity contribution is 6.01. The molecule has 1 unspecified atom stereocenters. The fraction of sp³-hybridized carbons (Fsp3) is 0.381. The lowest BCUT2D eigenvalue weighted by Crippen LogP contribution is -2.52. The third-order valence-electron chi connectivity index (χ3n) is 5.49. The first kappa shape index (κ1) is 18.3. The summed E-state index contributed by atoms with van der Waals surface area (Å²) in [6.07, 6.45) is 1.71. The van der Waals surface area contributed by atoms with E-state index >= 15 is 0 Å². The average molecular weight is 381 g/mol. The minimum absolute atomic E-state index is 0.00506. The topological polar surface area (TPSA) is 74.1 Å². The highest BCUT2D eigenvalue weighted by atomic mass is 16.3. The van der Waals surface area contributed by atoms with E-state index in [9.17, 15) is 14.4 Å². The Bertz CT molecular complexity index is 885. The van der Waals surface area contributed by atoms with E-state index in [2.05, 4.69) is 0 Å². The van der Waals surface area contributed by atoms with Gasteiger partial charge in [0.1, 0.15) is 0 Å². The van der Waals surface area contributed by atoms with Crippen LogP contribution in [0.25, 0.3) is 0 Å². The lowest BCUT2D eigenvalue weighted by atomic mass is 10.1. The number of carbonyl (C=O) groups excluding carboxylic acids is 3. The Morgan fingerprint density at radius 2 is 1.71 bits per heavy atom. The van der Waals surface area contributed by atoms with Gasteiger partial charge in [-0.1, -0.05) is 18.2 Å². The fourth-order valence-electron chi connectivity index (χ4n) is 3.92. The van der Waals surface area contributed by atoms with Gasteiger partial charge in [0.25, 0.3) is 5.91 Å². The molecule has 28 heavy (non-hydrogen) atoms. The molecule has 7 heteroatoms. The molecule has 0 spiro atoms. The van der Waals surface area contributed by atoms with Crippen LogP contribution in [-0.4, -0.2) is 60.2 Å². The van der Waals surface area contributed by atoms with Crippen molar-refractivity contribution >= 4 is 23.4 Å². The number of anilines is 1. The molecular formula is C21H23N3O4. The van der Waals surface area contributed by atoms with Crippen LogP contribution < -0.4 is 4.90 Å². The van der Waals surface area contributed by atoms with Crippen LogP contribution in [-0.2, 0) is 9.59 Å². The van der Waals surface area contributed by atoms with Crippen LogP contribution in [0.2, 0.25) is 0 Å². The van der Waals surface area contributed by atoms with Crippen molar-refractivity contribution < 1.29 is 18.8 Å². The number of carbonyl (C=O) groups is 3. The fourth-order valence-corrected chi connectivity index (χ4v) is 3.92. The number of nitrogens with zero attached hydrogens (tertiary/aromatic N) is 3. The van der Waals surface area contributed by atoms with Gasteiger partial charge in [-0.15, -0.1) is 0 Å². The summed E-state index contributed by atoms with van der Waals surface area (Å²) in [6.45, 7) is 4.25. The number of rotatable bonds is 3. The number of para-hydroxylation sites is 1. The number of piperazine rings is 1. The van der Waals surface area contributed by atoms with E-state index in [1.165, 1.54) is 6.26 Å². The minimum atomic E-state index is -0.334. The zero-order valence-electron chi connectivity index (χ0n) is 15.8. The molecule has 1 atom stereocenters. The third-order valence-corrected chi connectivity index (χ3v) is 5.49. The molecular weight excluding hydrogens is 358 g/mol. The Labute approximate surface area is 163 Å². The molecule has 0 saturated carbocycles. The first-order chi connectivity index (χ1) is 13.5. The highest BCUT2D eigenvalue weighted by Crippen LogP contribution is 2.29. The van der Waals surface area contributed by atoms with Gasteiger partial charge in [0.05, 0.1) is 12.2 Å². The number of hydrogen-bond acceptors (Lipinski definition) is 4. The Morgan fingerprint density at radius 1 is 1.00 bits per heavy atom. The van der Waals surface area contributed by atoms with Crippen molar-refractivity contribution in [1.29, 1.82) is 0 Å². The van der Waals surface area contributed by atoms with Crippen molar-refractivity contribution in [2.45, 2.75) is 13.3 Å². The van der Waals surface area contributed by atoms with Crippen LogP contribution in [0, 0.1) is 12.8 Å². The summed E-state index contributed by atoms with van der Waals surface area (Å²) in [6, 6.07) is 11.0. The minimum Gasteiger partial charge on any atom is -0.459 e. The molecule has 3 amide bonds. The van der Waals surface area contributed by atoms with Gasteiger partial charge >= 0.3 is 0 Å². The first-order valence-electron chi connectivity index (χ1n) is 9.52. The molecule has 2 aliphatic heterocycles. The van der Waals surface area contributed by atoms with Gasteiger partial charge in [0, 0.05) is 44.8 Å². The molecule has 2 saturated heterocycles. The van der Waals surface area contributed by atoms with E-state index in [0.29, 0.717) is 38.5 Å². The van der Waals surface area contributed by atoms with E-state index in [1.807, 2.05) is 31.2 Å². The van der Waals surface area contributed by atoms with Crippen molar-refractivity contribution in [3.8, 4) is 0 Å². The maximum Gasteiger partial charge on any atom is 0.289 e. The van der Waals surface area contributed by atoms with Crippen molar-refractivity contribution in [2.75, 3.05) is 37.6 Å². The molecule has 0 aliphatic carbocycles. The maximum absolute atomic E-state index is 12.9. The molecule has 4 rings (SSSR count). The molecule has 1 aromatic carbocycles. The second kappa shape index (κ2) is 7.50. The Hall–Kier alpha value is -3.09. The summed E-state index contributed by atoms with van der Waals surface area (Å²) in [4.78, 5) is 43.0. The molecule has 1 aromatic heterocycles. The van der Waals surface area contributed by atoms with Gasteiger partial charge in [0.2, 0.25) is 11.8 Å². The molecule has 0 bridgehead atoms. The van der Waals surface area contributed by atoms with Crippen LogP contribution >= 0.6 is 0 Å². The first-order valence-corrected chi connectivity index (χ1v) is 9.52. The normalized spacial score (nSPS) is 20.0. The zero-order valence-corrected chi connectivity index (χ0v) is 15.8. The molecule has 2 aromatic rings. The molecule has 146 valence electrons. The molecule has 2 fully saturated rings. The van der Waals surface area contributed by atoms with Crippen LogP contribution in [0.5, 0.6) is 0 Å². The number of aryl methyl sites for hydroxylation is 1. The summed E-state index contributed by atoms with van der Waals surface area (Å²) in [5, 5.41) is 0. The van der Waals surface area contributed by atoms with E-state index in [1.54, 1.807) is 26.8 Å². The highest BCUT2D eigenvalue weighted by Gasteiger charge is 2.38. The van der Waals surface area contributed by atoms with E-state index in [4.69, 9.17) is 4.42 Å². The standard InChI is InChI=1S/C21H23N3O4/c1-15-5-2-3-6-17(15)24-14-16(13-19(24)25)20(26)22-8-10-23(11-9-22)21(27)18-7-4-12-28-18/h2-7,12,16H,8-11,13-14H2,1H3. The summed E-state index contributed by atoms with van der Waals surface area (Å²) < 4.78 is 5.16. The van der Waals surface area contributed by atoms with E-state index in [0.717, 1.165) is 11.3 Å². The van der Waals surface area contributed by atoms with E-state index in [-0.39, 0.29) is 30.1 Å². The average Bonchev–Trinajstić information content (AvgIpc) is 3.37. The monoisotopic (exact) mass is 381 g/mol. The summed E-state index contributed by atoms with van der Waals surface area (Å²) >= 11 is 0. The van der Waals surface area contributed by atoms with Crippen molar-refractivity contribution in [1.82, 2.24) is 9.80 Å². The smallest absolute Gasteiger partial charge is 0.289 e. The Morgan fingerprint density at radius 3 is 2.39 bits per heavy atom. The van der Waals surface area contributed by atoms with E-state index < -0.39 is 0 Å². The van der Waals surface area contributed by atoms with Crippen LogP contribution in [0.15, 0.2) is 47.1 Å². The number of hydrogen-bond donors (Lipinski definition) is 0.